The van der Waals surface area contributed by atoms with Gasteiger partial charge in [0.1, 0.15) is 0 Å². The zero-order chi connectivity index (χ0) is 16.2. The second-order valence-corrected chi connectivity index (χ2v) is 6.27. The maximum Gasteiger partial charge on any atom is 0.275 e. The summed E-state index contributed by atoms with van der Waals surface area (Å²) in [6.07, 6.45) is 2.96. The summed E-state index contributed by atoms with van der Waals surface area (Å²) in [6.45, 7) is 0. The number of hydrazone groups is 1. The van der Waals surface area contributed by atoms with Crippen LogP contribution in [0.1, 0.15) is 15.9 Å². The number of halogens is 2. The van der Waals surface area contributed by atoms with Crippen LogP contribution in [0.5, 0.6) is 0 Å². The average molecular weight is 365 g/mol. The molecular weight excluding hydrogens is 355 g/mol. The molecule has 0 saturated carbocycles. The van der Waals surface area contributed by atoms with Gasteiger partial charge in [-0.1, -0.05) is 35.3 Å². The smallest absolute Gasteiger partial charge is 0.275 e. The van der Waals surface area contributed by atoms with E-state index in [2.05, 4.69) is 20.7 Å². The maximum absolute atomic E-state index is 12.2. The van der Waals surface area contributed by atoms with E-state index in [0.717, 1.165) is 10.4 Å². The van der Waals surface area contributed by atoms with Gasteiger partial charge in [-0.3, -0.25) is 9.89 Å². The zero-order valence-electron chi connectivity index (χ0n) is 11.6. The van der Waals surface area contributed by atoms with E-state index in [4.69, 9.17) is 23.2 Å². The van der Waals surface area contributed by atoms with Gasteiger partial charge in [-0.25, -0.2) is 5.43 Å². The van der Waals surface area contributed by atoms with Crippen molar-refractivity contribution in [2.45, 2.75) is 0 Å². The van der Waals surface area contributed by atoms with Gasteiger partial charge in [-0.15, -0.1) is 11.3 Å². The van der Waals surface area contributed by atoms with Gasteiger partial charge in [0.25, 0.3) is 5.91 Å². The third-order valence-corrected chi connectivity index (χ3v) is 4.60. The van der Waals surface area contributed by atoms with Crippen LogP contribution in [0.4, 0.5) is 0 Å². The molecule has 0 atom stereocenters. The van der Waals surface area contributed by atoms with Gasteiger partial charge in [0, 0.05) is 0 Å². The van der Waals surface area contributed by atoms with E-state index >= 15 is 0 Å². The number of rotatable bonds is 4. The van der Waals surface area contributed by atoms with Crippen molar-refractivity contribution in [3.8, 4) is 10.6 Å². The van der Waals surface area contributed by atoms with Gasteiger partial charge in [0.05, 0.1) is 38.6 Å². The molecule has 1 aromatic carbocycles. The molecule has 3 rings (SSSR count). The Hall–Kier alpha value is -2.15. The van der Waals surface area contributed by atoms with Crippen LogP contribution in [-0.4, -0.2) is 22.3 Å². The van der Waals surface area contributed by atoms with Crippen LogP contribution in [0.3, 0.4) is 0 Å². The molecule has 116 valence electrons. The van der Waals surface area contributed by atoms with Gasteiger partial charge >= 0.3 is 0 Å². The van der Waals surface area contributed by atoms with Crippen molar-refractivity contribution in [1.29, 1.82) is 0 Å². The van der Waals surface area contributed by atoms with Crippen LogP contribution in [0.25, 0.3) is 10.6 Å². The maximum atomic E-state index is 12.2. The normalized spacial score (nSPS) is 11.0. The highest BCUT2D eigenvalue weighted by molar-refractivity contribution is 7.13. The first-order valence-corrected chi connectivity index (χ1v) is 8.14. The number of aromatic nitrogens is 2. The molecule has 3 aromatic rings. The standard InChI is InChI=1S/C15H10Cl2N4OS/c16-11-4-3-9(6-12(11)17)7-18-21-15(22)10-8-19-20-14(10)13-2-1-5-23-13/h1-8H,(H,19,20)(H,21,22)/b18-7+. The first-order chi connectivity index (χ1) is 11.1. The van der Waals surface area contributed by atoms with E-state index in [1.54, 1.807) is 18.2 Å². The average Bonchev–Trinajstić information content (AvgIpc) is 3.20. The Kier molecular flexibility index (Phi) is 4.76. The molecule has 2 aromatic heterocycles. The second kappa shape index (κ2) is 6.95. The number of H-pyrrole nitrogens is 1. The number of hydrogen-bond acceptors (Lipinski definition) is 4. The molecule has 2 N–H and O–H groups in total. The molecule has 0 aliphatic carbocycles. The van der Waals surface area contributed by atoms with Crippen LogP contribution < -0.4 is 5.43 Å². The monoisotopic (exact) mass is 364 g/mol. The summed E-state index contributed by atoms with van der Waals surface area (Å²) < 4.78 is 0. The number of nitrogens with one attached hydrogen (secondary N) is 2. The molecule has 0 fully saturated rings. The highest BCUT2D eigenvalue weighted by atomic mass is 35.5. The number of benzene rings is 1. The summed E-state index contributed by atoms with van der Waals surface area (Å²) in [5.41, 5.74) is 4.29. The number of aromatic amines is 1. The Morgan fingerprint density at radius 2 is 2.17 bits per heavy atom. The summed E-state index contributed by atoms with van der Waals surface area (Å²) in [5, 5.41) is 13.5. The third-order valence-electron chi connectivity index (χ3n) is 2.97. The number of amides is 1. The van der Waals surface area contributed by atoms with Crippen molar-refractivity contribution < 1.29 is 4.79 Å². The topological polar surface area (TPSA) is 70.1 Å². The van der Waals surface area contributed by atoms with Crippen LogP contribution in [0.2, 0.25) is 10.0 Å². The molecule has 0 radical (unpaired) electrons. The Morgan fingerprint density at radius 1 is 1.30 bits per heavy atom. The van der Waals surface area contributed by atoms with Crippen molar-refractivity contribution in [2.24, 2.45) is 5.10 Å². The highest BCUT2D eigenvalue weighted by Gasteiger charge is 2.15. The quantitative estimate of drug-likeness (QED) is 0.537. The summed E-state index contributed by atoms with van der Waals surface area (Å²) in [5.74, 6) is -0.349. The lowest BCUT2D eigenvalue weighted by Gasteiger charge is -2.00. The Labute approximate surface area is 145 Å². The lowest BCUT2D eigenvalue weighted by atomic mass is 10.2. The molecule has 0 bridgehead atoms. The van der Waals surface area contributed by atoms with Crippen LogP contribution in [0.15, 0.2) is 47.0 Å². The fourth-order valence-corrected chi connectivity index (χ4v) is 2.93. The summed E-state index contributed by atoms with van der Waals surface area (Å²) in [6, 6.07) is 8.89. The number of thiophene rings is 1. The molecule has 5 nitrogen and oxygen atoms in total. The van der Waals surface area contributed by atoms with Gasteiger partial charge in [0.2, 0.25) is 0 Å². The fourth-order valence-electron chi connectivity index (χ4n) is 1.89. The van der Waals surface area contributed by atoms with E-state index in [0.29, 0.717) is 21.3 Å². The Morgan fingerprint density at radius 3 is 2.91 bits per heavy atom. The number of carbonyl (C=O) groups is 1. The van der Waals surface area contributed by atoms with Crippen LogP contribution in [0, 0.1) is 0 Å². The molecule has 8 heteroatoms. The second-order valence-electron chi connectivity index (χ2n) is 4.51. The number of hydrogen-bond donors (Lipinski definition) is 2. The van der Waals surface area contributed by atoms with E-state index in [1.165, 1.54) is 23.7 Å². The Balaban J connectivity index is 1.72. The molecule has 0 unspecified atom stereocenters. The fraction of sp³-hybridized carbons (Fsp3) is 0. The summed E-state index contributed by atoms with van der Waals surface area (Å²) >= 11 is 13.3. The van der Waals surface area contributed by atoms with Crippen molar-refractivity contribution in [3.63, 3.8) is 0 Å². The molecular formula is C15H10Cl2N4OS. The zero-order valence-corrected chi connectivity index (χ0v) is 13.9. The molecule has 0 spiro atoms. The van der Waals surface area contributed by atoms with E-state index < -0.39 is 0 Å². The molecule has 2 heterocycles. The lowest BCUT2D eigenvalue weighted by molar-refractivity contribution is 0.0956. The first-order valence-electron chi connectivity index (χ1n) is 6.51. The number of nitrogens with zero attached hydrogens (tertiary/aromatic N) is 2. The van der Waals surface area contributed by atoms with Gasteiger partial charge in [0.15, 0.2) is 0 Å². The van der Waals surface area contributed by atoms with Crippen molar-refractivity contribution >= 4 is 46.7 Å². The van der Waals surface area contributed by atoms with E-state index in [1.807, 2.05) is 17.5 Å². The molecule has 0 aliphatic heterocycles. The largest absolute Gasteiger partial charge is 0.276 e. The van der Waals surface area contributed by atoms with Crippen molar-refractivity contribution in [1.82, 2.24) is 15.6 Å². The molecule has 23 heavy (non-hydrogen) atoms. The van der Waals surface area contributed by atoms with Crippen LogP contribution in [-0.2, 0) is 0 Å². The first kappa shape index (κ1) is 15.7. The minimum absolute atomic E-state index is 0.349. The van der Waals surface area contributed by atoms with Crippen molar-refractivity contribution in [2.75, 3.05) is 0 Å². The molecule has 0 saturated heterocycles. The molecule has 0 aliphatic rings. The minimum Gasteiger partial charge on any atom is -0.276 e. The highest BCUT2D eigenvalue weighted by Crippen LogP contribution is 2.25. The third kappa shape index (κ3) is 3.61. The van der Waals surface area contributed by atoms with E-state index in [-0.39, 0.29) is 5.91 Å². The van der Waals surface area contributed by atoms with Crippen molar-refractivity contribution in [3.05, 3.63) is 63.1 Å². The van der Waals surface area contributed by atoms with Crippen LogP contribution >= 0.6 is 34.5 Å². The van der Waals surface area contributed by atoms with Gasteiger partial charge in [-0.05, 0) is 29.1 Å². The predicted octanol–water partition coefficient (Wildman–Crippen LogP) is 4.21. The summed E-state index contributed by atoms with van der Waals surface area (Å²) in [7, 11) is 0. The summed E-state index contributed by atoms with van der Waals surface area (Å²) in [4.78, 5) is 13.1. The van der Waals surface area contributed by atoms with Gasteiger partial charge < -0.3 is 0 Å². The van der Waals surface area contributed by atoms with Gasteiger partial charge in [-0.2, -0.15) is 10.2 Å². The van der Waals surface area contributed by atoms with E-state index in [9.17, 15) is 4.79 Å². The lowest BCUT2D eigenvalue weighted by Crippen LogP contribution is -2.17. The number of carbonyl (C=O) groups excluding carboxylic acids is 1. The Bertz CT molecular complexity index is 858. The minimum atomic E-state index is -0.349. The molecule has 1 amide bonds. The SMILES string of the molecule is O=C(N/N=C/c1ccc(Cl)c(Cl)c1)c1cn[nH]c1-c1cccs1. The predicted molar refractivity (Wildman–Crippen MR) is 93.4 cm³/mol.